The fraction of sp³-hybridized carbons (Fsp3) is 0.769. The predicted octanol–water partition coefficient (Wildman–Crippen LogP) is 3.54. The molecule has 0 radical (unpaired) electrons. The summed E-state index contributed by atoms with van der Waals surface area (Å²) in [6.45, 7) is 4.97. The van der Waals surface area contributed by atoms with Gasteiger partial charge in [0, 0.05) is 19.0 Å². The minimum absolute atomic E-state index is 0.764. The Bertz CT molecular complexity index is 247. The summed E-state index contributed by atoms with van der Waals surface area (Å²) in [5.41, 5.74) is 0. The van der Waals surface area contributed by atoms with E-state index in [-0.39, 0.29) is 0 Å². The molecule has 0 bridgehead atoms. The molecule has 2 unspecified atom stereocenters. The molecule has 1 heterocycles. The standard InChI is InChI=1S/C13H21NS/c1-2-6-13(15)14-10-5-8-11-7-3-4-9-12(11)14/h2,11-12H,1,3-10H2. The maximum Gasteiger partial charge on any atom is 0.0819 e. The van der Waals surface area contributed by atoms with Crippen LogP contribution in [0.25, 0.3) is 0 Å². The van der Waals surface area contributed by atoms with Crippen LogP contribution in [0.3, 0.4) is 0 Å². The van der Waals surface area contributed by atoms with Crippen LogP contribution in [0, 0.1) is 5.92 Å². The minimum atomic E-state index is 0.764. The molecular formula is C13H21NS. The molecule has 0 N–H and O–H groups in total. The zero-order valence-electron chi connectivity index (χ0n) is 9.45. The van der Waals surface area contributed by atoms with Gasteiger partial charge in [-0.05, 0) is 31.6 Å². The van der Waals surface area contributed by atoms with Gasteiger partial charge in [0.1, 0.15) is 0 Å². The molecule has 2 atom stereocenters. The Kier molecular flexibility index (Phi) is 3.79. The second kappa shape index (κ2) is 5.11. The highest BCUT2D eigenvalue weighted by molar-refractivity contribution is 7.80. The summed E-state index contributed by atoms with van der Waals surface area (Å²) < 4.78 is 0. The fourth-order valence-electron chi connectivity index (χ4n) is 3.18. The lowest BCUT2D eigenvalue weighted by Crippen LogP contribution is -2.48. The first kappa shape index (κ1) is 11.1. The van der Waals surface area contributed by atoms with Crippen LogP contribution in [0.1, 0.15) is 44.9 Å². The molecule has 15 heavy (non-hydrogen) atoms. The Balaban J connectivity index is 2.02. The normalized spacial score (nSPS) is 30.8. The summed E-state index contributed by atoms with van der Waals surface area (Å²) in [5.74, 6) is 0.926. The molecule has 0 aromatic rings. The second-order valence-corrected chi connectivity index (χ2v) is 5.31. The third kappa shape index (κ3) is 2.41. The predicted molar refractivity (Wildman–Crippen MR) is 69.1 cm³/mol. The van der Waals surface area contributed by atoms with E-state index in [1.165, 1.54) is 45.1 Å². The van der Waals surface area contributed by atoms with Crippen LogP contribution >= 0.6 is 12.2 Å². The highest BCUT2D eigenvalue weighted by Crippen LogP contribution is 2.35. The van der Waals surface area contributed by atoms with Gasteiger partial charge in [-0.15, -0.1) is 6.58 Å². The van der Waals surface area contributed by atoms with Gasteiger partial charge in [-0.25, -0.2) is 0 Å². The Morgan fingerprint density at radius 2 is 2.00 bits per heavy atom. The highest BCUT2D eigenvalue weighted by atomic mass is 32.1. The van der Waals surface area contributed by atoms with Crippen molar-refractivity contribution >= 4 is 17.2 Å². The van der Waals surface area contributed by atoms with E-state index < -0.39 is 0 Å². The van der Waals surface area contributed by atoms with Crippen LogP contribution in [0.2, 0.25) is 0 Å². The molecule has 1 saturated carbocycles. The maximum absolute atomic E-state index is 5.50. The lowest BCUT2D eigenvalue weighted by Gasteiger charge is -2.45. The summed E-state index contributed by atoms with van der Waals surface area (Å²) in [6, 6.07) is 0.764. The number of thiocarbonyl (C=S) groups is 1. The Labute approximate surface area is 98.5 Å². The van der Waals surface area contributed by atoms with Crippen molar-refractivity contribution in [2.45, 2.75) is 51.0 Å². The van der Waals surface area contributed by atoms with Gasteiger partial charge in [0.15, 0.2) is 0 Å². The Morgan fingerprint density at radius 1 is 1.27 bits per heavy atom. The van der Waals surface area contributed by atoms with Crippen LogP contribution < -0.4 is 0 Å². The SMILES string of the molecule is C=CCC(=S)N1CCCC2CCCCC21. The topological polar surface area (TPSA) is 3.24 Å². The molecule has 0 amide bonds. The zero-order chi connectivity index (χ0) is 10.7. The average Bonchev–Trinajstić information content (AvgIpc) is 2.28. The van der Waals surface area contributed by atoms with E-state index in [1.54, 1.807) is 0 Å². The lowest BCUT2D eigenvalue weighted by atomic mass is 9.78. The van der Waals surface area contributed by atoms with Gasteiger partial charge >= 0.3 is 0 Å². The first-order chi connectivity index (χ1) is 7.33. The number of likely N-dealkylation sites (tertiary alicyclic amines) is 1. The molecule has 0 aromatic heterocycles. The largest absolute Gasteiger partial charge is 0.363 e. The first-order valence-corrected chi connectivity index (χ1v) is 6.64. The smallest absolute Gasteiger partial charge is 0.0819 e. The van der Waals surface area contributed by atoms with Crippen molar-refractivity contribution in [2.24, 2.45) is 5.92 Å². The van der Waals surface area contributed by atoms with Crippen molar-refractivity contribution in [1.29, 1.82) is 0 Å². The summed E-state index contributed by atoms with van der Waals surface area (Å²) in [7, 11) is 0. The molecule has 0 aromatic carbocycles. The summed E-state index contributed by atoms with van der Waals surface area (Å²) in [4.78, 5) is 3.63. The Morgan fingerprint density at radius 3 is 2.80 bits per heavy atom. The van der Waals surface area contributed by atoms with Gasteiger partial charge in [-0.1, -0.05) is 31.1 Å². The molecule has 2 heteroatoms. The van der Waals surface area contributed by atoms with Crippen molar-refractivity contribution in [1.82, 2.24) is 4.90 Å². The minimum Gasteiger partial charge on any atom is -0.363 e. The molecule has 1 aliphatic heterocycles. The first-order valence-electron chi connectivity index (χ1n) is 6.23. The second-order valence-electron chi connectivity index (χ2n) is 4.83. The molecule has 2 rings (SSSR count). The molecule has 0 spiro atoms. The molecular weight excluding hydrogens is 202 g/mol. The molecule has 2 aliphatic rings. The molecule has 1 nitrogen and oxygen atoms in total. The van der Waals surface area contributed by atoms with Gasteiger partial charge < -0.3 is 4.90 Å². The number of hydrogen-bond acceptors (Lipinski definition) is 1. The molecule has 84 valence electrons. The van der Waals surface area contributed by atoms with Crippen LogP contribution in [-0.2, 0) is 0 Å². The Hall–Kier alpha value is -0.370. The number of hydrogen-bond donors (Lipinski definition) is 0. The number of nitrogens with zero attached hydrogens (tertiary/aromatic N) is 1. The van der Waals surface area contributed by atoms with Crippen molar-refractivity contribution in [2.75, 3.05) is 6.54 Å². The van der Waals surface area contributed by atoms with E-state index in [2.05, 4.69) is 11.5 Å². The van der Waals surface area contributed by atoms with Gasteiger partial charge in [0.25, 0.3) is 0 Å². The highest BCUT2D eigenvalue weighted by Gasteiger charge is 2.33. The van der Waals surface area contributed by atoms with E-state index >= 15 is 0 Å². The number of piperidine rings is 1. The summed E-state index contributed by atoms with van der Waals surface area (Å²) >= 11 is 5.50. The third-order valence-electron chi connectivity index (χ3n) is 3.88. The van der Waals surface area contributed by atoms with Crippen LogP contribution in [-0.4, -0.2) is 22.5 Å². The summed E-state index contributed by atoms with van der Waals surface area (Å²) in [5, 5.41) is 0. The van der Waals surface area contributed by atoms with Gasteiger partial charge in [-0.2, -0.15) is 0 Å². The monoisotopic (exact) mass is 223 g/mol. The average molecular weight is 223 g/mol. The number of fused-ring (bicyclic) bond motifs is 1. The van der Waals surface area contributed by atoms with Crippen molar-refractivity contribution in [3.8, 4) is 0 Å². The molecule has 1 aliphatic carbocycles. The quantitative estimate of drug-likeness (QED) is 0.520. The molecule has 2 fully saturated rings. The number of rotatable bonds is 2. The maximum atomic E-state index is 5.50. The van der Waals surface area contributed by atoms with E-state index in [9.17, 15) is 0 Å². The zero-order valence-corrected chi connectivity index (χ0v) is 10.3. The van der Waals surface area contributed by atoms with Crippen molar-refractivity contribution in [3.63, 3.8) is 0 Å². The van der Waals surface area contributed by atoms with Gasteiger partial charge in [0.2, 0.25) is 0 Å². The van der Waals surface area contributed by atoms with Gasteiger partial charge in [-0.3, -0.25) is 0 Å². The molecule has 1 saturated heterocycles. The fourth-order valence-corrected chi connectivity index (χ4v) is 3.52. The van der Waals surface area contributed by atoms with Crippen LogP contribution in [0.4, 0.5) is 0 Å². The van der Waals surface area contributed by atoms with E-state index in [0.29, 0.717) is 0 Å². The van der Waals surface area contributed by atoms with Gasteiger partial charge in [0.05, 0.1) is 4.99 Å². The third-order valence-corrected chi connectivity index (χ3v) is 4.28. The van der Waals surface area contributed by atoms with Crippen molar-refractivity contribution < 1.29 is 0 Å². The van der Waals surface area contributed by atoms with E-state index in [1.807, 2.05) is 6.08 Å². The summed E-state index contributed by atoms with van der Waals surface area (Å²) in [6.07, 6.45) is 11.2. The van der Waals surface area contributed by atoms with Crippen LogP contribution in [0.15, 0.2) is 12.7 Å². The van der Waals surface area contributed by atoms with Crippen LogP contribution in [0.5, 0.6) is 0 Å². The van der Waals surface area contributed by atoms with E-state index in [4.69, 9.17) is 12.2 Å². The lowest BCUT2D eigenvalue weighted by molar-refractivity contribution is 0.120. The van der Waals surface area contributed by atoms with E-state index in [0.717, 1.165) is 23.4 Å². The van der Waals surface area contributed by atoms with Crippen molar-refractivity contribution in [3.05, 3.63) is 12.7 Å².